The number of benzene rings is 1. The molecule has 2 unspecified atom stereocenters. The van der Waals surface area contributed by atoms with E-state index in [0.29, 0.717) is 12.8 Å². The molecular weight excluding hydrogens is 405 g/mol. The maximum absolute atomic E-state index is 13.2. The fraction of sp³-hybridized carbons (Fsp3) is 0.700. The zero-order valence-corrected chi connectivity index (χ0v) is 18.9. The second kappa shape index (κ2) is 14.6. The fourth-order valence-electron chi connectivity index (χ4n) is 3.45. The average Bonchev–Trinajstić information content (AvgIpc) is 2.74. The van der Waals surface area contributed by atoms with Gasteiger partial charge in [-0.1, -0.05) is 12.1 Å². The third-order valence-electron chi connectivity index (χ3n) is 5.02. The maximum atomic E-state index is 13.2. The van der Waals surface area contributed by atoms with Crippen LogP contribution in [0.25, 0.3) is 0 Å². The van der Waals surface area contributed by atoms with Gasteiger partial charge in [0.25, 0.3) is 5.69 Å². The van der Waals surface area contributed by atoms with E-state index in [4.69, 9.17) is 4.74 Å². The highest BCUT2D eigenvalue weighted by atomic mass is 31.1. The van der Waals surface area contributed by atoms with E-state index in [1.54, 1.807) is 12.1 Å². The quantitative estimate of drug-likeness (QED) is 0.334. The summed E-state index contributed by atoms with van der Waals surface area (Å²) < 4.78 is 19.2. The van der Waals surface area contributed by atoms with Crippen molar-refractivity contribution < 1.29 is 14.2 Å². The molecule has 1 aromatic rings. The molecule has 1 aliphatic heterocycles. The zero-order chi connectivity index (χ0) is 21.6. The number of nitrogens with one attached hydrogen (secondary N) is 3. The van der Waals surface area contributed by atoms with Gasteiger partial charge < -0.3 is 25.3 Å². The van der Waals surface area contributed by atoms with Crippen LogP contribution in [0.2, 0.25) is 0 Å². The lowest BCUT2D eigenvalue weighted by molar-refractivity contribution is -0.384. The second-order valence-corrected chi connectivity index (χ2v) is 9.15. The van der Waals surface area contributed by atoms with Crippen LogP contribution in [0.5, 0.6) is 0 Å². The molecule has 1 heterocycles. The Balaban J connectivity index is 2.00. The predicted molar refractivity (Wildman–Crippen MR) is 121 cm³/mol. The number of nitrogens with zero attached hydrogens (tertiary/aromatic N) is 2. The van der Waals surface area contributed by atoms with E-state index in [9.17, 15) is 14.7 Å². The lowest BCUT2D eigenvalue weighted by atomic mass is 10.2. The monoisotopic (exact) mass is 441 g/mol. The Hall–Kier alpha value is -1.35. The molecule has 0 saturated carbocycles. The van der Waals surface area contributed by atoms with Crippen molar-refractivity contribution in [1.82, 2.24) is 20.9 Å². The molecule has 1 aliphatic rings. The maximum Gasteiger partial charge on any atom is 0.269 e. The van der Waals surface area contributed by atoms with E-state index in [2.05, 4.69) is 20.9 Å². The third kappa shape index (κ3) is 9.20. The number of hydrogen-bond acceptors (Lipinski definition) is 8. The van der Waals surface area contributed by atoms with E-state index in [1.807, 2.05) is 6.92 Å². The Morgan fingerprint density at radius 1 is 1.03 bits per heavy atom. The molecule has 170 valence electrons. The molecule has 0 aromatic heterocycles. The Morgan fingerprint density at radius 2 is 1.67 bits per heavy atom. The van der Waals surface area contributed by atoms with Gasteiger partial charge in [-0.3, -0.25) is 15.0 Å². The summed E-state index contributed by atoms with van der Waals surface area (Å²) in [5, 5.41) is 21.2. The first-order valence-electron chi connectivity index (χ1n) is 10.9. The summed E-state index contributed by atoms with van der Waals surface area (Å²) in [4.78, 5) is 12.6. The number of rotatable bonds is 7. The molecule has 0 radical (unpaired) electrons. The highest BCUT2D eigenvalue weighted by Gasteiger charge is 2.24. The largest absolute Gasteiger partial charge is 0.356 e. The van der Waals surface area contributed by atoms with Gasteiger partial charge in [-0.05, 0) is 45.0 Å². The highest BCUT2D eigenvalue weighted by Crippen LogP contribution is 2.36. The van der Waals surface area contributed by atoms with Crippen LogP contribution < -0.4 is 16.0 Å². The molecule has 3 N–H and O–H groups in total. The molecule has 1 saturated heterocycles. The summed E-state index contributed by atoms with van der Waals surface area (Å²) >= 11 is 0. The fourth-order valence-corrected chi connectivity index (χ4v) is 5.28. The van der Waals surface area contributed by atoms with E-state index in [-0.39, 0.29) is 5.69 Å². The minimum absolute atomic E-state index is 0.0448. The van der Waals surface area contributed by atoms with Gasteiger partial charge in [0.05, 0.1) is 4.92 Å². The molecule has 0 aliphatic carbocycles. The number of nitro benzene ring substituents is 1. The number of hydrogen-bond donors (Lipinski definition) is 3. The van der Waals surface area contributed by atoms with Crippen LogP contribution >= 0.6 is 7.80 Å². The van der Waals surface area contributed by atoms with E-state index < -0.39 is 18.7 Å². The SMILES string of the molecule is CCOC(N1CCCNCCNCCCNCC1)[PH](=O)Cc1ccc([N+](=O)[O-])cc1. The molecule has 2 rings (SSSR count). The van der Waals surface area contributed by atoms with Crippen molar-refractivity contribution in [3.8, 4) is 0 Å². The lowest BCUT2D eigenvalue weighted by Crippen LogP contribution is -2.42. The molecule has 9 nitrogen and oxygen atoms in total. The second-order valence-electron chi connectivity index (χ2n) is 7.37. The van der Waals surface area contributed by atoms with Gasteiger partial charge in [0.1, 0.15) is 7.80 Å². The first-order valence-corrected chi connectivity index (χ1v) is 12.5. The molecule has 1 fully saturated rings. The Bertz CT molecular complexity index is 633. The normalized spacial score (nSPS) is 20.2. The molecule has 0 bridgehead atoms. The van der Waals surface area contributed by atoms with Crippen molar-refractivity contribution in [1.29, 1.82) is 0 Å². The van der Waals surface area contributed by atoms with Crippen molar-refractivity contribution in [3.05, 3.63) is 39.9 Å². The summed E-state index contributed by atoms with van der Waals surface area (Å²) in [6.07, 6.45) is 2.41. The van der Waals surface area contributed by atoms with Crippen molar-refractivity contribution >= 4 is 13.5 Å². The van der Waals surface area contributed by atoms with Gasteiger partial charge in [0.2, 0.25) is 0 Å². The van der Waals surface area contributed by atoms with Crippen LogP contribution in [0.1, 0.15) is 25.3 Å². The zero-order valence-electron chi connectivity index (χ0n) is 17.9. The van der Waals surface area contributed by atoms with Crippen LogP contribution in [0.3, 0.4) is 0 Å². The van der Waals surface area contributed by atoms with Crippen molar-refractivity contribution in [2.24, 2.45) is 0 Å². The molecule has 10 heteroatoms. The van der Waals surface area contributed by atoms with Gasteiger partial charge in [-0.25, -0.2) is 0 Å². The Morgan fingerprint density at radius 3 is 2.30 bits per heavy atom. The van der Waals surface area contributed by atoms with Crippen molar-refractivity contribution in [2.75, 3.05) is 59.0 Å². The lowest BCUT2D eigenvalue weighted by Gasteiger charge is -2.31. The van der Waals surface area contributed by atoms with Crippen LogP contribution in [0.4, 0.5) is 5.69 Å². The summed E-state index contributed by atoms with van der Waals surface area (Å²) in [6, 6.07) is 6.30. The van der Waals surface area contributed by atoms with E-state index in [0.717, 1.165) is 70.8 Å². The molecule has 30 heavy (non-hydrogen) atoms. The van der Waals surface area contributed by atoms with E-state index in [1.165, 1.54) is 12.1 Å². The summed E-state index contributed by atoms with van der Waals surface area (Å²) in [5.41, 5.74) is 0.881. The molecule has 0 amide bonds. The molecule has 0 spiro atoms. The molecule has 1 aromatic carbocycles. The smallest absolute Gasteiger partial charge is 0.269 e. The van der Waals surface area contributed by atoms with Gasteiger partial charge in [0, 0.05) is 57.6 Å². The first-order chi connectivity index (χ1) is 14.6. The number of nitro groups is 1. The van der Waals surface area contributed by atoms with Crippen molar-refractivity contribution in [3.63, 3.8) is 0 Å². The minimum atomic E-state index is -2.13. The predicted octanol–water partition coefficient (Wildman–Crippen LogP) is 1.84. The van der Waals surface area contributed by atoms with Crippen molar-refractivity contribution in [2.45, 2.75) is 31.9 Å². The summed E-state index contributed by atoms with van der Waals surface area (Å²) in [6.45, 7) is 9.59. The van der Waals surface area contributed by atoms with Gasteiger partial charge in [0.15, 0.2) is 5.97 Å². The van der Waals surface area contributed by atoms with Gasteiger partial charge in [-0.2, -0.15) is 0 Å². The van der Waals surface area contributed by atoms with Gasteiger partial charge in [-0.15, -0.1) is 0 Å². The third-order valence-corrected chi connectivity index (χ3v) is 6.86. The molecule has 2 atom stereocenters. The van der Waals surface area contributed by atoms with E-state index >= 15 is 0 Å². The Labute approximate surface area is 179 Å². The first kappa shape index (κ1) is 24.9. The number of non-ortho nitro benzene ring substituents is 1. The summed E-state index contributed by atoms with van der Waals surface area (Å²) in [7, 11) is -2.13. The standard InChI is InChI=1S/C20H36N5O4P/c1-2-29-20(30(28)17-18-5-7-19(8-6-18)25(26)27)24-15-4-11-22-13-12-21-9-3-10-23-14-16-24/h5-8,20-23,30H,2-4,9-17H2,1H3. The molecular formula is C20H36N5O4P. The number of ether oxygens (including phenoxy) is 1. The van der Waals surface area contributed by atoms with Crippen LogP contribution in [0, 0.1) is 10.1 Å². The van der Waals surface area contributed by atoms with Crippen LogP contribution in [0.15, 0.2) is 24.3 Å². The minimum Gasteiger partial charge on any atom is -0.356 e. The summed E-state index contributed by atoms with van der Waals surface area (Å²) in [5.74, 6) is -0.424. The van der Waals surface area contributed by atoms with Crippen LogP contribution in [-0.4, -0.2) is 74.8 Å². The average molecular weight is 442 g/mol. The Kier molecular flexibility index (Phi) is 12.1. The topological polar surface area (TPSA) is 109 Å². The highest BCUT2D eigenvalue weighted by molar-refractivity contribution is 7.44. The van der Waals surface area contributed by atoms with Gasteiger partial charge >= 0.3 is 0 Å². The van der Waals surface area contributed by atoms with Crippen LogP contribution in [-0.2, 0) is 15.5 Å².